The van der Waals surface area contributed by atoms with E-state index in [1.54, 1.807) is 4.57 Å². The zero-order valence-corrected chi connectivity index (χ0v) is 19.3. The summed E-state index contributed by atoms with van der Waals surface area (Å²) in [6.45, 7) is 6.42. The number of benzene rings is 2. The SMILES string of the molecule is CCn1c(SCC(=O)Nc2cc(C)cc(C)c2)nc2c(-c3ccccc3)csc2c1=O. The number of hydrogen-bond donors (Lipinski definition) is 1. The van der Waals surface area contributed by atoms with Gasteiger partial charge in [-0.05, 0) is 49.6 Å². The largest absolute Gasteiger partial charge is 0.325 e. The number of carbonyl (C=O) groups is 1. The number of anilines is 1. The fraction of sp³-hybridized carbons (Fsp3) is 0.208. The van der Waals surface area contributed by atoms with E-state index in [-0.39, 0.29) is 17.2 Å². The third-order valence-electron chi connectivity index (χ3n) is 4.88. The van der Waals surface area contributed by atoms with Crippen molar-refractivity contribution in [1.82, 2.24) is 9.55 Å². The summed E-state index contributed by atoms with van der Waals surface area (Å²) in [5.41, 5.74) is 5.59. The molecule has 0 radical (unpaired) electrons. The molecule has 0 fully saturated rings. The molecule has 158 valence electrons. The molecule has 2 heterocycles. The van der Waals surface area contributed by atoms with E-state index in [0.29, 0.717) is 21.9 Å². The van der Waals surface area contributed by atoms with Crippen molar-refractivity contribution < 1.29 is 4.79 Å². The minimum atomic E-state index is -0.124. The van der Waals surface area contributed by atoms with E-state index < -0.39 is 0 Å². The lowest BCUT2D eigenvalue weighted by Gasteiger charge is -2.11. The third-order valence-corrected chi connectivity index (χ3v) is 6.82. The van der Waals surface area contributed by atoms with Crippen LogP contribution < -0.4 is 10.9 Å². The van der Waals surface area contributed by atoms with Crippen molar-refractivity contribution in [3.63, 3.8) is 0 Å². The molecule has 0 spiro atoms. The van der Waals surface area contributed by atoms with Gasteiger partial charge in [-0.15, -0.1) is 11.3 Å². The number of fused-ring (bicyclic) bond motifs is 1. The van der Waals surface area contributed by atoms with Crippen LogP contribution in [0.15, 0.2) is 63.9 Å². The van der Waals surface area contributed by atoms with Gasteiger partial charge in [0.15, 0.2) is 5.16 Å². The van der Waals surface area contributed by atoms with E-state index in [4.69, 9.17) is 4.98 Å². The van der Waals surface area contributed by atoms with Gasteiger partial charge in [0.25, 0.3) is 5.56 Å². The topological polar surface area (TPSA) is 64.0 Å². The Kier molecular flexibility index (Phi) is 6.25. The fourth-order valence-corrected chi connectivity index (χ4v) is 5.38. The molecule has 2 aromatic heterocycles. The first-order valence-corrected chi connectivity index (χ1v) is 11.9. The van der Waals surface area contributed by atoms with Crippen LogP contribution in [0.3, 0.4) is 0 Å². The summed E-state index contributed by atoms with van der Waals surface area (Å²) in [7, 11) is 0. The lowest BCUT2D eigenvalue weighted by Crippen LogP contribution is -2.23. The molecule has 1 amide bonds. The molecular weight excluding hydrogens is 426 g/mol. The molecule has 0 bridgehead atoms. The second-order valence-corrected chi connectivity index (χ2v) is 9.17. The van der Waals surface area contributed by atoms with Crippen LogP contribution in [0.5, 0.6) is 0 Å². The van der Waals surface area contributed by atoms with Crippen molar-refractivity contribution in [1.29, 1.82) is 0 Å². The Balaban J connectivity index is 1.62. The summed E-state index contributed by atoms with van der Waals surface area (Å²) in [6, 6.07) is 15.9. The minimum Gasteiger partial charge on any atom is -0.325 e. The summed E-state index contributed by atoms with van der Waals surface area (Å²) >= 11 is 2.71. The van der Waals surface area contributed by atoms with Gasteiger partial charge in [-0.25, -0.2) is 4.98 Å². The highest BCUT2D eigenvalue weighted by molar-refractivity contribution is 7.99. The maximum Gasteiger partial charge on any atom is 0.272 e. The molecule has 31 heavy (non-hydrogen) atoms. The summed E-state index contributed by atoms with van der Waals surface area (Å²) in [5.74, 6) is 0.0519. The Morgan fingerprint density at radius 1 is 1.13 bits per heavy atom. The summed E-state index contributed by atoms with van der Waals surface area (Å²) in [6.07, 6.45) is 0. The first kappa shape index (κ1) is 21.3. The van der Waals surface area contributed by atoms with Crippen LogP contribution in [0.25, 0.3) is 21.3 Å². The van der Waals surface area contributed by atoms with Crippen molar-refractivity contribution in [2.24, 2.45) is 0 Å². The number of amides is 1. The lowest BCUT2D eigenvalue weighted by atomic mass is 10.1. The molecular formula is C24H23N3O2S2. The summed E-state index contributed by atoms with van der Waals surface area (Å²) in [5, 5.41) is 5.49. The maximum absolute atomic E-state index is 13.1. The smallest absolute Gasteiger partial charge is 0.272 e. The van der Waals surface area contributed by atoms with E-state index in [1.807, 2.05) is 68.6 Å². The van der Waals surface area contributed by atoms with Crippen LogP contribution in [0.1, 0.15) is 18.1 Å². The molecule has 0 unspecified atom stereocenters. The van der Waals surface area contributed by atoms with Crippen molar-refractivity contribution in [2.75, 3.05) is 11.1 Å². The third kappa shape index (κ3) is 4.57. The van der Waals surface area contributed by atoms with E-state index in [1.165, 1.54) is 23.1 Å². The Hall–Kier alpha value is -2.90. The van der Waals surface area contributed by atoms with Crippen LogP contribution in [-0.4, -0.2) is 21.2 Å². The Morgan fingerprint density at radius 3 is 2.52 bits per heavy atom. The van der Waals surface area contributed by atoms with Crippen molar-refractivity contribution in [2.45, 2.75) is 32.5 Å². The van der Waals surface area contributed by atoms with Gasteiger partial charge in [0.05, 0.1) is 11.3 Å². The van der Waals surface area contributed by atoms with E-state index >= 15 is 0 Å². The molecule has 2 aromatic carbocycles. The highest BCUT2D eigenvalue weighted by Gasteiger charge is 2.17. The van der Waals surface area contributed by atoms with E-state index in [0.717, 1.165) is 27.9 Å². The number of carbonyl (C=O) groups excluding carboxylic acids is 1. The molecule has 7 heteroatoms. The average Bonchev–Trinajstić information content (AvgIpc) is 3.16. The van der Waals surface area contributed by atoms with Crippen LogP contribution in [0, 0.1) is 13.8 Å². The van der Waals surface area contributed by atoms with Crippen molar-refractivity contribution in [3.8, 4) is 11.1 Å². The second-order valence-electron chi connectivity index (χ2n) is 7.35. The normalized spacial score (nSPS) is 11.1. The number of nitrogens with one attached hydrogen (secondary N) is 1. The number of aromatic nitrogens is 2. The number of aryl methyl sites for hydroxylation is 2. The van der Waals surface area contributed by atoms with E-state index in [9.17, 15) is 9.59 Å². The Bertz CT molecular complexity index is 1290. The van der Waals surface area contributed by atoms with Crippen LogP contribution in [0.4, 0.5) is 5.69 Å². The van der Waals surface area contributed by atoms with Crippen LogP contribution in [-0.2, 0) is 11.3 Å². The van der Waals surface area contributed by atoms with E-state index in [2.05, 4.69) is 11.4 Å². The molecule has 0 aliphatic rings. The zero-order chi connectivity index (χ0) is 22.0. The zero-order valence-electron chi connectivity index (χ0n) is 17.6. The van der Waals surface area contributed by atoms with Crippen LogP contribution in [0.2, 0.25) is 0 Å². The molecule has 0 saturated carbocycles. The monoisotopic (exact) mass is 449 g/mol. The van der Waals surface area contributed by atoms with Gasteiger partial charge < -0.3 is 5.32 Å². The Labute approximate surface area is 189 Å². The highest BCUT2D eigenvalue weighted by Crippen LogP contribution is 2.32. The molecule has 0 atom stereocenters. The van der Waals surface area contributed by atoms with Crippen LogP contribution >= 0.6 is 23.1 Å². The van der Waals surface area contributed by atoms with Crippen molar-refractivity contribution in [3.05, 3.63) is 75.4 Å². The highest BCUT2D eigenvalue weighted by atomic mass is 32.2. The molecule has 0 aliphatic heterocycles. The fourth-order valence-electron chi connectivity index (χ4n) is 3.57. The predicted molar refractivity (Wildman–Crippen MR) is 130 cm³/mol. The van der Waals surface area contributed by atoms with Gasteiger partial charge in [0.1, 0.15) is 4.70 Å². The first-order valence-electron chi connectivity index (χ1n) is 10.0. The van der Waals surface area contributed by atoms with Gasteiger partial charge in [-0.1, -0.05) is 48.2 Å². The number of thiophene rings is 1. The second kappa shape index (κ2) is 9.08. The summed E-state index contributed by atoms with van der Waals surface area (Å²) in [4.78, 5) is 30.4. The first-order chi connectivity index (χ1) is 15.0. The van der Waals surface area contributed by atoms with Gasteiger partial charge in [-0.2, -0.15) is 0 Å². The number of hydrogen-bond acceptors (Lipinski definition) is 5. The molecule has 5 nitrogen and oxygen atoms in total. The lowest BCUT2D eigenvalue weighted by molar-refractivity contribution is -0.113. The predicted octanol–water partition coefficient (Wildman–Crippen LogP) is 5.49. The minimum absolute atomic E-state index is 0.0584. The molecule has 0 aliphatic carbocycles. The molecule has 4 aromatic rings. The average molecular weight is 450 g/mol. The number of rotatable bonds is 6. The maximum atomic E-state index is 13.1. The Morgan fingerprint density at radius 2 is 1.84 bits per heavy atom. The number of thioether (sulfide) groups is 1. The van der Waals surface area contributed by atoms with Gasteiger partial charge >= 0.3 is 0 Å². The standard InChI is InChI=1S/C24H23N3O2S2/c1-4-27-23(29)22-21(19(13-30-22)17-8-6-5-7-9-17)26-24(27)31-14-20(28)25-18-11-15(2)10-16(3)12-18/h5-13H,4,14H2,1-3H3,(H,25,28). The van der Waals surface area contributed by atoms with Gasteiger partial charge in [-0.3, -0.25) is 14.2 Å². The molecule has 1 N–H and O–H groups in total. The van der Waals surface area contributed by atoms with Gasteiger partial charge in [0, 0.05) is 23.2 Å². The molecule has 4 rings (SSSR count). The quantitative estimate of drug-likeness (QED) is 0.312. The van der Waals surface area contributed by atoms with Gasteiger partial charge in [0.2, 0.25) is 5.91 Å². The molecule has 0 saturated heterocycles. The van der Waals surface area contributed by atoms with Crippen molar-refractivity contribution >= 4 is 44.9 Å². The summed E-state index contributed by atoms with van der Waals surface area (Å²) < 4.78 is 2.28. The number of nitrogens with zero attached hydrogens (tertiary/aromatic N) is 2.